The van der Waals surface area contributed by atoms with Crippen LogP contribution in [0.15, 0.2) is 103 Å². The molecular weight excluding hydrogens is 540 g/mol. The molecule has 0 saturated carbocycles. The highest BCUT2D eigenvalue weighted by molar-refractivity contribution is 6.21. The van der Waals surface area contributed by atoms with E-state index in [9.17, 15) is 14.7 Å². The molecule has 0 aromatic heterocycles. The van der Waals surface area contributed by atoms with Crippen molar-refractivity contribution in [2.24, 2.45) is 5.41 Å². The highest BCUT2D eigenvalue weighted by Crippen LogP contribution is 2.51. The van der Waals surface area contributed by atoms with Crippen LogP contribution in [0.5, 0.6) is 0 Å². The quantitative estimate of drug-likeness (QED) is 0.217. The number of hydrogen-bond acceptors (Lipinski definition) is 2. The van der Waals surface area contributed by atoms with Gasteiger partial charge in [0.2, 0.25) is 0 Å². The minimum absolute atomic E-state index is 0.00488. The van der Waals surface area contributed by atoms with Crippen LogP contribution >= 0.6 is 0 Å². The summed E-state index contributed by atoms with van der Waals surface area (Å²) in [5.41, 5.74) is 10.2. The van der Waals surface area contributed by atoms with Gasteiger partial charge in [0, 0.05) is 11.1 Å². The molecule has 0 fully saturated rings. The number of fused-ring (bicyclic) bond motifs is 5. The summed E-state index contributed by atoms with van der Waals surface area (Å²) in [5.74, 6) is -1.13. The third kappa shape index (κ3) is 4.50. The molecule has 2 aliphatic rings. The maximum atomic E-state index is 14.2. The molecule has 3 heteroatoms. The van der Waals surface area contributed by atoms with Gasteiger partial charge in [-0.3, -0.25) is 4.79 Å². The molecule has 0 heterocycles. The van der Waals surface area contributed by atoms with Gasteiger partial charge in [-0.1, -0.05) is 112 Å². The van der Waals surface area contributed by atoms with Crippen LogP contribution in [0.4, 0.5) is 0 Å². The first-order chi connectivity index (χ1) is 20.9. The zero-order chi connectivity index (χ0) is 31.0. The lowest BCUT2D eigenvalue weighted by Gasteiger charge is -2.40. The number of rotatable bonds is 4. The van der Waals surface area contributed by atoms with Crippen molar-refractivity contribution in [2.75, 3.05) is 0 Å². The standard InChI is InChI=1S/C41H36O3/c1-24-20-35-28(15-17-33-30-18-19-40(2,3)22-29(30)23-41(4,5)37(33)35)21-34(24)32-16-14-25-8-6-7-9-31(25)36(32)38(42)26-10-12-27(13-11-26)39(43)44/h6-21H,22-23H2,1-5H3,(H,43,44). The average molecular weight is 577 g/mol. The molecule has 1 N–H and O–H groups in total. The van der Waals surface area contributed by atoms with E-state index in [1.54, 1.807) is 17.7 Å². The molecule has 0 aliphatic heterocycles. The Balaban J connectivity index is 1.42. The second-order valence-electron chi connectivity index (χ2n) is 13.9. The van der Waals surface area contributed by atoms with Gasteiger partial charge in [-0.05, 0) is 104 Å². The number of ketones is 1. The Kier molecular flexibility index (Phi) is 6.30. The third-order valence-corrected chi connectivity index (χ3v) is 9.58. The predicted molar refractivity (Wildman–Crippen MR) is 181 cm³/mol. The van der Waals surface area contributed by atoms with Crippen LogP contribution in [0.3, 0.4) is 0 Å². The molecule has 5 aromatic rings. The summed E-state index contributed by atoms with van der Waals surface area (Å²) in [6.07, 6.45) is 6.85. The smallest absolute Gasteiger partial charge is 0.335 e. The Bertz CT molecular complexity index is 2100. The zero-order valence-electron chi connectivity index (χ0n) is 25.9. The van der Waals surface area contributed by atoms with Crippen LogP contribution in [0.1, 0.15) is 83.5 Å². The van der Waals surface area contributed by atoms with Crippen molar-refractivity contribution < 1.29 is 14.7 Å². The van der Waals surface area contributed by atoms with Gasteiger partial charge < -0.3 is 5.11 Å². The molecule has 0 bridgehead atoms. The van der Waals surface area contributed by atoms with Crippen LogP contribution in [-0.4, -0.2) is 16.9 Å². The molecule has 2 aliphatic carbocycles. The fourth-order valence-electron chi connectivity index (χ4n) is 7.56. The van der Waals surface area contributed by atoms with Crippen molar-refractivity contribution in [1.82, 2.24) is 0 Å². The van der Waals surface area contributed by atoms with E-state index in [1.165, 1.54) is 39.6 Å². The first-order valence-corrected chi connectivity index (χ1v) is 15.3. The summed E-state index contributed by atoms with van der Waals surface area (Å²) in [4.78, 5) is 25.7. The largest absolute Gasteiger partial charge is 0.478 e. The van der Waals surface area contributed by atoms with Gasteiger partial charge in [-0.15, -0.1) is 0 Å². The summed E-state index contributed by atoms with van der Waals surface area (Å²) in [7, 11) is 0. The first kappa shape index (κ1) is 28.0. The lowest BCUT2D eigenvalue weighted by atomic mass is 9.64. The Morgan fingerprint density at radius 2 is 1.39 bits per heavy atom. The summed E-state index contributed by atoms with van der Waals surface area (Å²) < 4.78 is 0. The van der Waals surface area contributed by atoms with E-state index >= 15 is 0 Å². The highest BCUT2D eigenvalue weighted by atomic mass is 16.4. The van der Waals surface area contributed by atoms with Gasteiger partial charge in [-0.25, -0.2) is 4.79 Å². The minimum atomic E-state index is -1.01. The number of carboxylic acids is 1. The number of carboxylic acid groups (broad SMARTS) is 1. The first-order valence-electron chi connectivity index (χ1n) is 15.3. The summed E-state index contributed by atoms with van der Waals surface area (Å²) in [6.45, 7) is 11.5. The normalized spacial score (nSPS) is 16.6. The second-order valence-corrected chi connectivity index (χ2v) is 13.9. The minimum Gasteiger partial charge on any atom is -0.478 e. The van der Waals surface area contributed by atoms with Crippen LogP contribution in [0, 0.1) is 12.3 Å². The third-order valence-electron chi connectivity index (χ3n) is 9.58. The van der Waals surface area contributed by atoms with E-state index in [4.69, 9.17) is 0 Å². The van der Waals surface area contributed by atoms with Crippen LogP contribution in [-0.2, 0) is 5.41 Å². The molecule has 0 radical (unpaired) electrons. The lowest BCUT2D eigenvalue weighted by molar-refractivity contribution is 0.0696. The lowest BCUT2D eigenvalue weighted by Crippen LogP contribution is -2.27. The van der Waals surface area contributed by atoms with Crippen molar-refractivity contribution in [1.29, 1.82) is 0 Å². The number of allylic oxidation sites excluding steroid dienone is 4. The van der Waals surface area contributed by atoms with Crippen molar-refractivity contribution in [3.8, 4) is 11.1 Å². The van der Waals surface area contributed by atoms with Gasteiger partial charge in [-0.2, -0.15) is 0 Å². The fraction of sp³-hybridized carbons (Fsp3) is 0.220. The van der Waals surface area contributed by atoms with Crippen molar-refractivity contribution >= 4 is 38.9 Å². The van der Waals surface area contributed by atoms with Gasteiger partial charge in [0.1, 0.15) is 0 Å². The van der Waals surface area contributed by atoms with E-state index < -0.39 is 5.97 Å². The Morgan fingerprint density at radius 3 is 2.14 bits per heavy atom. The van der Waals surface area contributed by atoms with E-state index in [-0.39, 0.29) is 22.2 Å². The van der Waals surface area contributed by atoms with Gasteiger partial charge in [0.15, 0.2) is 5.78 Å². The molecule has 0 amide bonds. The summed E-state index contributed by atoms with van der Waals surface area (Å²) in [5, 5.41) is 13.7. The Hall–Kier alpha value is -4.76. The second kappa shape index (κ2) is 9.89. The SMILES string of the molecule is Cc1cc2c3c(ccc2cc1-c1ccc2ccccc2c1C(=O)c1ccc(C(=O)O)cc1)C1=C(CC(C)(C)C=C1)CC3(C)C. The molecule has 0 spiro atoms. The number of hydrogen-bond donors (Lipinski definition) is 1. The van der Waals surface area contributed by atoms with E-state index in [2.05, 4.69) is 83.2 Å². The van der Waals surface area contributed by atoms with E-state index in [0.29, 0.717) is 11.1 Å². The van der Waals surface area contributed by atoms with Gasteiger partial charge in [0.25, 0.3) is 0 Å². The zero-order valence-corrected chi connectivity index (χ0v) is 25.9. The maximum absolute atomic E-state index is 14.2. The summed E-state index contributed by atoms with van der Waals surface area (Å²) >= 11 is 0. The van der Waals surface area contributed by atoms with Crippen molar-refractivity contribution in [3.05, 3.63) is 136 Å². The maximum Gasteiger partial charge on any atom is 0.335 e. The Morgan fingerprint density at radius 1 is 0.705 bits per heavy atom. The molecule has 7 rings (SSSR count). The molecule has 0 atom stereocenters. The van der Waals surface area contributed by atoms with Crippen LogP contribution < -0.4 is 0 Å². The van der Waals surface area contributed by atoms with Gasteiger partial charge >= 0.3 is 5.97 Å². The predicted octanol–water partition coefficient (Wildman–Crippen LogP) is 10.3. The van der Waals surface area contributed by atoms with Crippen molar-refractivity contribution in [2.45, 2.75) is 52.9 Å². The summed E-state index contributed by atoms with van der Waals surface area (Å²) in [6, 6.07) is 27.4. The number of carbonyl (C=O) groups excluding carboxylic acids is 1. The average Bonchev–Trinajstić information content (AvgIpc) is 2.98. The molecular formula is C41H36O3. The van der Waals surface area contributed by atoms with Gasteiger partial charge in [0.05, 0.1) is 5.56 Å². The number of benzene rings is 5. The van der Waals surface area contributed by atoms with Crippen LogP contribution in [0.25, 0.3) is 38.2 Å². The van der Waals surface area contributed by atoms with Crippen molar-refractivity contribution in [3.63, 3.8) is 0 Å². The monoisotopic (exact) mass is 576 g/mol. The number of aryl methyl sites for hydroxylation is 1. The molecule has 3 nitrogen and oxygen atoms in total. The fourth-order valence-corrected chi connectivity index (χ4v) is 7.56. The molecule has 218 valence electrons. The topological polar surface area (TPSA) is 54.4 Å². The van der Waals surface area contributed by atoms with Crippen LogP contribution in [0.2, 0.25) is 0 Å². The molecule has 0 unspecified atom stereocenters. The molecule has 0 saturated heterocycles. The highest BCUT2D eigenvalue weighted by Gasteiger charge is 2.36. The molecule has 44 heavy (non-hydrogen) atoms. The number of carbonyl (C=O) groups is 2. The number of aromatic carboxylic acids is 1. The molecule has 5 aromatic carbocycles. The van der Waals surface area contributed by atoms with E-state index in [1.807, 2.05) is 24.3 Å². The Labute approximate surface area is 258 Å². The van der Waals surface area contributed by atoms with E-state index in [0.717, 1.165) is 40.3 Å².